The van der Waals surface area contributed by atoms with Crippen molar-refractivity contribution < 1.29 is 14.3 Å². The number of ether oxygens (including phenoxy) is 2. The van der Waals surface area contributed by atoms with E-state index >= 15 is 0 Å². The van der Waals surface area contributed by atoms with E-state index in [0.717, 1.165) is 30.3 Å². The molecule has 1 aliphatic heterocycles. The zero-order chi connectivity index (χ0) is 15.1. The summed E-state index contributed by atoms with van der Waals surface area (Å²) in [5.74, 6) is 0.683. The fourth-order valence-electron chi connectivity index (χ4n) is 2.31. The predicted octanol–water partition coefficient (Wildman–Crippen LogP) is 3.15. The molecule has 1 saturated heterocycles. The molecule has 2 rings (SSSR count). The Morgan fingerprint density at radius 2 is 2.19 bits per heavy atom. The molecule has 4 nitrogen and oxygen atoms in total. The summed E-state index contributed by atoms with van der Waals surface area (Å²) in [5, 5.41) is 3.90. The summed E-state index contributed by atoms with van der Waals surface area (Å²) >= 11 is 3.52. The summed E-state index contributed by atoms with van der Waals surface area (Å²) < 4.78 is 11.0. The van der Waals surface area contributed by atoms with Crippen LogP contribution in [-0.4, -0.2) is 36.6 Å². The molecule has 0 spiro atoms. The van der Waals surface area contributed by atoms with Gasteiger partial charge in [-0.3, -0.25) is 4.79 Å². The Morgan fingerprint density at radius 1 is 1.43 bits per heavy atom. The normalized spacial score (nSPS) is 17.2. The number of carbonyl (C=O) groups excluding carboxylic acids is 1. The fourth-order valence-corrected chi connectivity index (χ4v) is 3.02. The first-order chi connectivity index (χ1) is 10.2. The van der Waals surface area contributed by atoms with Crippen LogP contribution in [0.15, 0.2) is 24.3 Å². The van der Waals surface area contributed by atoms with Gasteiger partial charge in [0.15, 0.2) is 0 Å². The van der Waals surface area contributed by atoms with Crippen LogP contribution in [0.1, 0.15) is 36.5 Å². The van der Waals surface area contributed by atoms with Crippen LogP contribution in [0.2, 0.25) is 0 Å². The maximum absolute atomic E-state index is 12.5. The SMILES string of the molecule is CCCOc1cccc(C(=O)NC2(CBr)CCOCC2)c1. The van der Waals surface area contributed by atoms with Gasteiger partial charge in [0, 0.05) is 24.1 Å². The number of hydrogen-bond acceptors (Lipinski definition) is 3. The molecule has 1 aliphatic rings. The number of nitrogens with one attached hydrogen (secondary N) is 1. The lowest BCUT2D eigenvalue weighted by Gasteiger charge is -2.36. The smallest absolute Gasteiger partial charge is 0.251 e. The Labute approximate surface area is 134 Å². The van der Waals surface area contributed by atoms with Crippen molar-refractivity contribution in [3.8, 4) is 5.75 Å². The number of hydrogen-bond donors (Lipinski definition) is 1. The molecular weight excluding hydrogens is 334 g/mol. The van der Waals surface area contributed by atoms with Crippen LogP contribution in [-0.2, 0) is 4.74 Å². The molecule has 1 fully saturated rings. The molecule has 1 amide bonds. The second kappa shape index (κ2) is 7.80. The second-order valence-corrected chi connectivity index (χ2v) is 5.92. The zero-order valence-corrected chi connectivity index (χ0v) is 13.9. The molecule has 1 N–H and O–H groups in total. The predicted molar refractivity (Wildman–Crippen MR) is 86.3 cm³/mol. The minimum absolute atomic E-state index is 0.0571. The van der Waals surface area contributed by atoms with Crippen molar-refractivity contribution in [2.24, 2.45) is 0 Å². The van der Waals surface area contributed by atoms with Crippen LogP contribution in [0.5, 0.6) is 5.75 Å². The van der Waals surface area contributed by atoms with E-state index in [0.29, 0.717) is 25.4 Å². The van der Waals surface area contributed by atoms with Gasteiger partial charge in [-0.1, -0.05) is 28.9 Å². The first-order valence-electron chi connectivity index (χ1n) is 7.38. The molecule has 0 unspecified atom stereocenters. The number of rotatable bonds is 6. The molecule has 5 heteroatoms. The third-order valence-electron chi connectivity index (χ3n) is 3.65. The van der Waals surface area contributed by atoms with Crippen LogP contribution in [0.25, 0.3) is 0 Å². The van der Waals surface area contributed by atoms with E-state index in [-0.39, 0.29) is 11.4 Å². The van der Waals surface area contributed by atoms with Gasteiger partial charge in [0.05, 0.1) is 12.1 Å². The molecule has 0 aromatic heterocycles. The highest BCUT2D eigenvalue weighted by atomic mass is 79.9. The zero-order valence-electron chi connectivity index (χ0n) is 12.4. The van der Waals surface area contributed by atoms with Crippen molar-refractivity contribution >= 4 is 21.8 Å². The van der Waals surface area contributed by atoms with Crippen LogP contribution < -0.4 is 10.1 Å². The summed E-state index contributed by atoms with van der Waals surface area (Å²) in [4.78, 5) is 12.5. The average molecular weight is 356 g/mol. The Bertz CT molecular complexity index is 472. The van der Waals surface area contributed by atoms with Crippen molar-refractivity contribution in [3.63, 3.8) is 0 Å². The third-order valence-corrected chi connectivity index (χ3v) is 4.73. The lowest BCUT2D eigenvalue weighted by molar-refractivity contribution is 0.0441. The Kier molecular flexibility index (Phi) is 6.06. The van der Waals surface area contributed by atoms with Crippen molar-refractivity contribution in [2.75, 3.05) is 25.2 Å². The topological polar surface area (TPSA) is 47.6 Å². The molecule has 0 atom stereocenters. The quantitative estimate of drug-likeness (QED) is 0.797. The number of alkyl halides is 1. The molecule has 0 bridgehead atoms. The van der Waals surface area contributed by atoms with E-state index in [9.17, 15) is 4.79 Å². The number of benzene rings is 1. The van der Waals surface area contributed by atoms with Crippen LogP contribution in [0, 0.1) is 0 Å². The van der Waals surface area contributed by atoms with E-state index in [1.54, 1.807) is 6.07 Å². The Balaban J connectivity index is 2.05. The summed E-state index contributed by atoms with van der Waals surface area (Å²) in [6.45, 7) is 4.09. The molecule has 1 heterocycles. The third kappa shape index (κ3) is 4.45. The summed E-state index contributed by atoms with van der Waals surface area (Å²) in [5.41, 5.74) is 0.422. The van der Waals surface area contributed by atoms with Gasteiger partial charge < -0.3 is 14.8 Å². The van der Waals surface area contributed by atoms with Gasteiger partial charge in [0.2, 0.25) is 0 Å². The molecule has 0 saturated carbocycles. The van der Waals surface area contributed by atoms with Crippen molar-refractivity contribution in [1.29, 1.82) is 0 Å². The van der Waals surface area contributed by atoms with Gasteiger partial charge in [0.25, 0.3) is 5.91 Å². The molecule has 0 aliphatic carbocycles. The Hall–Kier alpha value is -1.07. The number of amides is 1. The number of carbonyl (C=O) groups is 1. The molecular formula is C16H22BrNO3. The summed E-state index contributed by atoms with van der Waals surface area (Å²) in [6.07, 6.45) is 2.61. The van der Waals surface area contributed by atoms with E-state index in [4.69, 9.17) is 9.47 Å². The largest absolute Gasteiger partial charge is 0.494 e. The number of halogens is 1. The highest BCUT2D eigenvalue weighted by Gasteiger charge is 2.33. The second-order valence-electron chi connectivity index (χ2n) is 5.36. The minimum Gasteiger partial charge on any atom is -0.494 e. The van der Waals surface area contributed by atoms with Crippen molar-refractivity contribution in [3.05, 3.63) is 29.8 Å². The van der Waals surface area contributed by atoms with E-state index in [1.165, 1.54) is 0 Å². The standard InChI is InChI=1S/C16H22BrNO3/c1-2-8-21-14-5-3-4-13(11-14)15(19)18-16(12-17)6-9-20-10-7-16/h3-5,11H,2,6-10,12H2,1H3,(H,18,19). The highest BCUT2D eigenvalue weighted by molar-refractivity contribution is 9.09. The van der Waals surface area contributed by atoms with Gasteiger partial charge in [-0.25, -0.2) is 0 Å². The Morgan fingerprint density at radius 3 is 2.86 bits per heavy atom. The van der Waals surface area contributed by atoms with Crippen LogP contribution in [0.4, 0.5) is 0 Å². The first-order valence-corrected chi connectivity index (χ1v) is 8.50. The lowest BCUT2D eigenvalue weighted by atomic mass is 9.92. The van der Waals surface area contributed by atoms with Crippen molar-refractivity contribution in [2.45, 2.75) is 31.7 Å². The maximum Gasteiger partial charge on any atom is 0.251 e. The van der Waals surface area contributed by atoms with E-state index in [1.807, 2.05) is 18.2 Å². The van der Waals surface area contributed by atoms with E-state index in [2.05, 4.69) is 28.2 Å². The molecule has 21 heavy (non-hydrogen) atoms. The van der Waals surface area contributed by atoms with Crippen molar-refractivity contribution in [1.82, 2.24) is 5.32 Å². The van der Waals surface area contributed by atoms with Gasteiger partial charge in [-0.05, 0) is 37.5 Å². The van der Waals surface area contributed by atoms with Gasteiger partial charge in [-0.2, -0.15) is 0 Å². The lowest BCUT2D eigenvalue weighted by Crippen LogP contribution is -2.53. The molecule has 116 valence electrons. The monoisotopic (exact) mass is 355 g/mol. The highest BCUT2D eigenvalue weighted by Crippen LogP contribution is 2.24. The molecule has 1 aromatic carbocycles. The van der Waals surface area contributed by atoms with Crippen LogP contribution >= 0.6 is 15.9 Å². The van der Waals surface area contributed by atoms with Gasteiger partial charge in [-0.15, -0.1) is 0 Å². The maximum atomic E-state index is 12.5. The fraction of sp³-hybridized carbons (Fsp3) is 0.562. The van der Waals surface area contributed by atoms with Crippen LogP contribution in [0.3, 0.4) is 0 Å². The van der Waals surface area contributed by atoms with Gasteiger partial charge in [0.1, 0.15) is 5.75 Å². The average Bonchev–Trinajstić information content (AvgIpc) is 2.54. The van der Waals surface area contributed by atoms with E-state index < -0.39 is 0 Å². The van der Waals surface area contributed by atoms with Gasteiger partial charge >= 0.3 is 0 Å². The minimum atomic E-state index is -0.213. The summed E-state index contributed by atoms with van der Waals surface area (Å²) in [7, 11) is 0. The first kappa shape index (κ1) is 16.3. The summed E-state index contributed by atoms with van der Waals surface area (Å²) in [6, 6.07) is 7.34. The molecule has 0 radical (unpaired) electrons. The molecule has 1 aromatic rings.